The van der Waals surface area contributed by atoms with Crippen LogP contribution in [0.2, 0.25) is 0 Å². The summed E-state index contributed by atoms with van der Waals surface area (Å²) in [4.78, 5) is 11.3. The normalized spacial score (nSPS) is 10.1. The van der Waals surface area contributed by atoms with Gasteiger partial charge >= 0.3 is 0 Å². The van der Waals surface area contributed by atoms with Crippen LogP contribution in [0.3, 0.4) is 0 Å². The average molecular weight is 280 g/mol. The van der Waals surface area contributed by atoms with E-state index in [2.05, 4.69) is 21.2 Å². The molecule has 3 nitrogen and oxygen atoms in total. The van der Waals surface area contributed by atoms with Crippen molar-refractivity contribution in [2.24, 2.45) is 0 Å². The van der Waals surface area contributed by atoms with Crippen molar-refractivity contribution in [2.75, 3.05) is 13.2 Å². The van der Waals surface area contributed by atoms with E-state index in [4.69, 9.17) is 5.11 Å². The zero-order valence-electron chi connectivity index (χ0n) is 7.56. The molecule has 6 heteroatoms. The summed E-state index contributed by atoms with van der Waals surface area (Å²) in [7, 11) is 0. The SMILES string of the molecule is O=C(NCCO)c1cc(Br)cc(F)c1F. The number of benzene rings is 1. The van der Waals surface area contributed by atoms with Crippen LogP contribution in [0.25, 0.3) is 0 Å². The van der Waals surface area contributed by atoms with E-state index in [1.807, 2.05) is 0 Å². The second-order valence-electron chi connectivity index (χ2n) is 2.73. The highest BCUT2D eigenvalue weighted by Crippen LogP contribution is 2.19. The number of halogens is 3. The maximum atomic E-state index is 13.1. The van der Waals surface area contributed by atoms with E-state index >= 15 is 0 Å². The van der Waals surface area contributed by atoms with E-state index < -0.39 is 23.1 Å². The average Bonchev–Trinajstić information content (AvgIpc) is 2.19. The Morgan fingerprint density at radius 3 is 2.73 bits per heavy atom. The lowest BCUT2D eigenvalue weighted by molar-refractivity contribution is 0.0939. The van der Waals surface area contributed by atoms with E-state index in [1.54, 1.807) is 0 Å². The summed E-state index contributed by atoms with van der Waals surface area (Å²) in [6, 6.07) is 2.10. The predicted octanol–water partition coefficient (Wildman–Crippen LogP) is 1.45. The molecule has 0 fully saturated rings. The van der Waals surface area contributed by atoms with Gasteiger partial charge in [0.1, 0.15) is 0 Å². The molecule has 0 bridgehead atoms. The fourth-order valence-corrected chi connectivity index (χ4v) is 1.42. The maximum Gasteiger partial charge on any atom is 0.254 e. The minimum atomic E-state index is -1.20. The number of hydrogen-bond acceptors (Lipinski definition) is 2. The lowest BCUT2D eigenvalue weighted by atomic mass is 10.2. The third kappa shape index (κ3) is 2.97. The van der Waals surface area contributed by atoms with Crippen molar-refractivity contribution in [3.05, 3.63) is 33.8 Å². The minimum Gasteiger partial charge on any atom is -0.395 e. The number of nitrogens with one attached hydrogen (secondary N) is 1. The molecule has 0 atom stereocenters. The first-order chi connectivity index (χ1) is 7.06. The third-order valence-electron chi connectivity index (χ3n) is 1.63. The maximum absolute atomic E-state index is 13.1. The molecule has 0 saturated heterocycles. The van der Waals surface area contributed by atoms with Crippen LogP contribution in [-0.4, -0.2) is 24.2 Å². The fourth-order valence-electron chi connectivity index (χ4n) is 0.986. The second-order valence-corrected chi connectivity index (χ2v) is 3.64. The van der Waals surface area contributed by atoms with Crippen LogP contribution >= 0.6 is 15.9 Å². The van der Waals surface area contributed by atoms with Crippen molar-refractivity contribution >= 4 is 21.8 Å². The molecule has 0 radical (unpaired) electrons. The second kappa shape index (κ2) is 5.18. The lowest BCUT2D eigenvalue weighted by Gasteiger charge is -2.05. The van der Waals surface area contributed by atoms with Crippen LogP contribution < -0.4 is 5.32 Å². The molecule has 0 aliphatic heterocycles. The summed E-state index contributed by atoms with van der Waals surface area (Å²) in [6.07, 6.45) is 0. The highest BCUT2D eigenvalue weighted by Gasteiger charge is 2.16. The molecule has 0 heterocycles. The molecule has 0 aliphatic rings. The summed E-state index contributed by atoms with van der Waals surface area (Å²) >= 11 is 2.95. The van der Waals surface area contributed by atoms with Gasteiger partial charge in [-0.1, -0.05) is 15.9 Å². The molecule has 0 aliphatic carbocycles. The highest BCUT2D eigenvalue weighted by atomic mass is 79.9. The van der Waals surface area contributed by atoms with Crippen molar-refractivity contribution in [1.29, 1.82) is 0 Å². The van der Waals surface area contributed by atoms with Gasteiger partial charge in [-0.15, -0.1) is 0 Å². The van der Waals surface area contributed by atoms with Crippen LogP contribution in [0.15, 0.2) is 16.6 Å². The number of carbonyl (C=O) groups is 1. The molecule has 1 rings (SSSR count). The third-order valence-corrected chi connectivity index (χ3v) is 2.09. The monoisotopic (exact) mass is 279 g/mol. The minimum absolute atomic E-state index is 0.00753. The summed E-state index contributed by atoms with van der Waals surface area (Å²) in [5.74, 6) is -3.06. The Morgan fingerprint density at radius 1 is 1.47 bits per heavy atom. The van der Waals surface area contributed by atoms with E-state index in [0.29, 0.717) is 0 Å². The van der Waals surface area contributed by atoms with Crippen LogP contribution in [-0.2, 0) is 0 Å². The Balaban J connectivity index is 2.98. The number of aliphatic hydroxyl groups is 1. The molecule has 15 heavy (non-hydrogen) atoms. The number of hydrogen-bond donors (Lipinski definition) is 2. The van der Waals surface area contributed by atoms with Gasteiger partial charge < -0.3 is 10.4 Å². The van der Waals surface area contributed by atoms with Crippen molar-refractivity contribution in [3.63, 3.8) is 0 Å². The van der Waals surface area contributed by atoms with Crippen LogP contribution in [0, 0.1) is 11.6 Å². The Morgan fingerprint density at radius 2 is 2.13 bits per heavy atom. The van der Waals surface area contributed by atoms with Gasteiger partial charge in [0.15, 0.2) is 11.6 Å². The van der Waals surface area contributed by atoms with E-state index in [0.717, 1.165) is 6.07 Å². The van der Waals surface area contributed by atoms with Gasteiger partial charge in [-0.3, -0.25) is 4.79 Å². The molecule has 1 aromatic rings. The molecule has 82 valence electrons. The van der Waals surface area contributed by atoms with Gasteiger partial charge in [0.05, 0.1) is 12.2 Å². The van der Waals surface area contributed by atoms with Crippen molar-refractivity contribution in [1.82, 2.24) is 5.32 Å². The topological polar surface area (TPSA) is 49.3 Å². The quantitative estimate of drug-likeness (QED) is 0.823. The standard InChI is InChI=1S/C9H8BrF2NO2/c10-5-3-6(8(12)7(11)4-5)9(15)13-1-2-14/h3-4,14H,1-2H2,(H,13,15). The van der Waals surface area contributed by atoms with Crippen LogP contribution in [0.4, 0.5) is 8.78 Å². The molecule has 1 amide bonds. The fraction of sp³-hybridized carbons (Fsp3) is 0.222. The molecule has 0 unspecified atom stereocenters. The first-order valence-electron chi connectivity index (χ1n) is 4.10. The molecule has 0 saturated carbocycles. The number of aliphatic hydroxyl groups excluding tert-OH is 1. The van der Waals surface area contributed by atoms with Crippen molar-refractivity contribution in [3.8, 4) is 0 Å². The summed E-state index contributed by atoms with van der Waals surface area (Å²) < 4.78 is 26.3. The first-order valence-corrected chi connectivity index (χ1v) is 4.89. The molecular weight excluding hydrogens is 272 g/mol. The Kier molecular flexibility index (Phi) is 4.16. The Bertz CT molecular complexity index is 385. The van der Waals surface area contributed by atoms with E-state index in [-0.39, 0.29) is 17.6 Å². The zero-order valence-corrected chi connectivity index (χ0v) is 9.14. The molecule has 0 aromatic heterocycles. The zero-order chi connectivity index (χ0) is 11.4. The van der Waals surface area contributed by atoms with Gasteiger partial charge in [-0.2, -0.15) is 0 Å². The first kappa shape index (κ1) is 12.1. The van der Waals surface area contributed by atoms with Crippen LogP contribution in [0.1, 0.15) is 10.4 Å². The Labute approximate surface area is 93.2 Å². The molecule has 0 spiro atoms. The number of carbonyl (C=O) groups excluding carboxylic acids is 1. The van der Waals surface area contributed by atoms with Gasteiger partial charge in [-0.25, -0.2) is 8.78 Å². The van der Waals surface area contributed by atoms with Gasteiger partial charge in [0.2, 0.25) is 0 Å². The summed E-state index contributed by atoms with van der Waals surface area (Å²) in [6.45, 7) is -0.268. The predicted molar refractivity (Wildman–Crippen MR) is 53.5 cm³/mol. The van der Waals surface area contributed by atoms with Crippen molar-refractivity contribution in [2.45, 2.75) is 0 Å². The van der Waals surface area contributed by atoms with E-state index in [9.17, 15) is 13.6 Å². The smallest absolute Gasteiger partial charge is 0.254 e. The van der Waals surface area contributed by atoms with Gasteiger partial charge in [0, 0.05) is 11.0 Å². The highest BCUT2D eigenvalue weighted by molar-refractivity contribution is 9.10. The Hall–Kier alpha value is -1.01. The summed E-state index contributed by atoms with van der Waals surface area (Å²) in [5, 5.41) is 10.7. The van der Waals surface area contributed by atoms with E-state index in [1.165, 1.54) is 6.07 Å². The number of amides is 1. The number of rotatable bonds is 3. The molecular formula is C9H8BrF2NO2. The molecule has 1 aromatic carbocycles. The summed E-state index contributed by atoms with van der Waals surface area (Å²) in [5.41, 5.74) is -0.393. The molecule has 2 N–H and O–H groups in total. The van der Waals surface area contributed by atoms with Crippen LogP contribution in [0.5, 0.6) is 0 Å². The van der Waals surface area contributed by atoms with Gasteiger partial charge in [0.25, 0.3) is 5.91 Å². The lowest BCUT2D eigenvalue weighted by Crippen LogP contribution is -2.27. The van der Waals surface area contributed by atoms with Crippen molar-refractivity contribution < 1.29 is 18.7 Å². The largest absolute Gasteiger partial charge is 0.395 e. The van der Waals surface area contributed by atoms with Gasteiger partial charge in [-0.05, 0) is 12.1 Å².